The van der Waals surface area contributed by atoms with Crippen LogP contribution in [0.5, 0.6) is 0 Å². The number of rotatable bonds is 5. The molecule has 6 nitrogen and oxygen atoms in total. The minimum Gasteiger partial charge on any atom is -0.399 e. The topological polar surface area (TPSA) is 76.2 Å². The summed E-state index contributed by atoms with van der Waals surface area (Å²) in [4.78, 5) is 18.1. The highest BCUT2D eigenvalue weighted by Gasteiger charge is 2.11. The third kappa shape index (κ3) is 4.21. The number of nitrogens with zero attached hydrogens (tertiary/aromatic N) is 3. The molecule has 0 aliphatic carbocycles. The van der Waals surface area contributed by atoms with E-state index in [1.807, 2.05) is 29.8 Å². The van der Waals surface area contributed by atoms with E-state index in [-0.39, 0.29) is 12.5 Å². The lowest BCUT2D eigenvalue weighted by Crippen LogP contribution is -2.30. The van der Waals surface area contributed by atoms with Gasteiger partial charge >= 0.3 is 0 Å². The smallest absolute Gasteiger partial charge is 0.238 e. The van der Waals surface area contributed by atoms with Gasteiger partial charge in [0.05, 0.1) is 23.8 Å². The minimum absolute atomic E-state index is 0.154. The molecule has 3 N–H and O–H groups in total. The Balaban J connectivity index is 1.92. The number of likely N-dealkylation sites (N-methyl/N-ethyl adjacent to an activating group) is 1. The van der Waals surface area contributed by atoms with E-state index in [9.17, 15) is 4.79 Å². The number of carbonyl (C=O) groups is 1. The monoisotopic (exact) mass is 307 g/mol. The molecular formula is C14H18ClN5O. The molecule has 21 heavy (non-hydrogen) atoms. The number of anilines is 2. The van der Waals surface area contributed by atoms with Crippen molar-refractivity contribution in [2.45, 2.75) is 6.54 Å². The Labute approximate surface area is 128 Å². The van der Waals surface area contributed by atoms with Crippen LogP contribution in [0.25, 0.3) is 0 Å². The Hall–Kier alpha value is -2.05. The lowest BCUT2D eigenvalue weighted by molar-refractivity contribution is -0.117. The predicted molar refractivity (Wildman–Crippen MR) is 84.0 cm³/mol. The SMILES string of the molecule is CN(CC(=O)Nc1cc(N)ccc1Cl)Cc1nccn1C. The van der Waals surface area contributed by atoms with Crippen molar-refractivity contribution in [3.05, 3.63) is 41.4 Å². The Morgan fingerprint density at radius 2 is 2.29 bits per heavy atom. The summed E-state index contributed by atoms with van der Waals surface area (Å²) in [7, 11) is 3.78. The van der Waals surface area contributed by atoms with Crippen molar-refractivity contribution in [1.29, 1.82) is 0 Å². The van der Waals surface area contributed by atoms with Crippen molar-refractivity contribution in [3.8, 4) is 0 Å². The van der Waals surface area contributed by atoms with Gasteiger partial charge in [-0.25, -0.2) is 4.98 Å². The van der Waals surface area contributed by atoms with Crippen LogP contribution in [0.15, 0.2) is 30.6 Å². The fraction of sp³-hybridized carbons (Fsp3) is 0.286. The summed E-state index contributed by atoms with van der Waals surface area (Å²) in [6, 6.07) is 4.98. The average Bonchev–Trinajstić information content (AvgIpc) is 2.79. The minimum atomic E-state index is -0.154. The van der Waals surface area contributed by atoms with Crippen molar-refractivity contribution in [3.63, 3.8) is 0 Å². The first-order valence-electron chi connectivity index (χ1n) is 6.45. The second kappa shape index (κ2) is 6.60. The van der Waals surface area contributed by atoms with Crippen LogP contribution in [0, 0.1) is 0 Å². The van der Waals surface area contributed by atoms with E-state index in [0.29, 0.717) is 22.9 Å². The highest BCUT2D eigenvalue weighted by atomic mass is 35.5. The van der Waals surface area contributed by atoms with Crippen LogP contribution in [0.2, 0.25) is 5.02 Å². The van der Waals surface area contributed by atoms with Gasteiger partial charge in [0.25, 0.3) is 0 Å². The van der Waals surface area contributed by atoms with Crippen LogP contribution in [0.4, 0.5) is 11.4 Å². The molecule has 0 aliphatic rings. The number of hydrogen-bond donors (Lipinski definition) is 2. The average molecular weight is 308 g/mol. The molecule has 1 aromatic heterocycles. The zero-order chi connectivity index (χ0) is 15.4. The van der Waals surface area contributed by atoms with Gasteiger partial charge in [-0.3, -0.25) is 9.69 Å². The maximum atomic E-state index is 12.0. The number of halogens is 1. The number of aryl methyl sites for hydroxylation is 1. The Kier molecular flexibility index (Phi) is 4.82. The van der Waals surface area contributed by atoms with Crippen molar-refractivity contribution in [2.24, 2.45) is 7.05 Å². The van der Waals surface area contributed by atoms with Crippen molar-refractivity contribution in [2.75, 3.05) is 24.6 Å². The lowest BCUT2D eigenvalue weighted by atomic mass is 10.3. The molecule has 112 valence electrons. The lowest BCUT2D eigenvalue weighted by Gasteiger charge is -2.16. The van der Waals surface area contributed by atoms with E-state index in [1.54, 1.807) is 24.4 Å². The van der Waals surface area contributed by atoms with E-state index in [4.69, 9.17) is 17.3 Å². The van der Waals surface area contributed by atoms with E-state index in [0.717, 1.165) is 5.82 Å². The molecule has 0 aliphatic heterocycles. The predicted octanol–water partition coefficient (Wildman–Crippen LogP) is 1.73. The van der Waals surface area contributed by atoms with Crippen molar-refractivity contribution >= 4 is 28.9 Å². The summed E-state index contributed by atoms with van der Waals surface area (Å²) in [5.41, 5.74) is 6.75. The Morgan fingerprint density at radius 3 is 2.95 bits per heavy atom. The molecule has 2 aromatic rings. The van der Waals surface area contributed by atoms with Gasteiger partial charge in [0.2, 0.25) is 5.91 Å². The molecule has 2 rings (SSSR count). The second-order valence-electron chi connectivity index (χ2n) is 4.91. The largest absolute Gasteiger partial charge is 0.399 e. The van der Waals surface area contributed by atoms with Crippen LogP contribution in [-0.4, -0.2) is 34.0 Å². The normalized spacial score (nSPS) is 10.9. The number of benzene rings is 1. The highest BCUT2D eigenvalue weighted by molar-refractivity contribution is 6.33. The third-order valence-corrected chi connectivity index (χ3v) is 3.34. The van der Waals surface area contributed by atoms with Gasteiger partial charge in [-0.15, -0.1) is 0 Å². The molecule has 0 radical (unpaired) electrons. The van der Waals surface area contributed by atoms with Crippen LogP contribution in [0.1, 0.15) is 5.82 Å². The van der Waals surface area contributed by atoms with E-state index in [2.05, 4.69) is 10.3 Å². The maximum absolute atomic E-state index is 12.0. The third-order valence-electron chi connectivity index (χ3n) is 3.01. The van der Waals surface area contributed by atoms with Crippen LogP contribution >= 0.6 is 11.6 Å². The van der Waals surface area contributed by atoms with Gasteiger partial charge in [-0.1, -0.05) is 11.6 Å². The van der Waals surface area contributed by atoms with Gasteiger partial charge < -0.3 is 15.6 Å². The van der Waals surface area contributed by atoms with Gasteiger partial charge in [-0.05, 0) is 25.2 Å². The van der Waals surface area contributed by atoms with Crippen LogP contribution in [-0.2, 0) is 18.4 Å². The quantitative estimate of drug-likeness (QED) is 0.825. The highest BCUT2D eigenvalue weighted by Crippen LogP contribution is 2.23. The molecule has 0 atom stereocenters. The summed E-state index contributed by atoms with van der Waals surface area (Å²) in [6.45, 7) is 0.819. The number of nitrogens with one attached hydrogen (secondary N) is 1. The molecule has 0 spiro atoms. The van der Waals surface area contributed by atoms with Gasteiger partial charge in [0, 0.05) is 25.1 Å². The van der Waals surface area contributed by atoms with Gasteiger partial charge in [-0.2, -0.15) is 0 Å². The molecule has 0 fully saturated rings. The van der Waals surface area contributed by atoms with E-state index in [1.165, 1.54) is 0 Å². The number of hydrogen-bond acceptors (Lipinski definition) is 4. The summed E-state index contributed by atoms with van der Waals surface area (Å²) < 4.78 is 1.92. The standard InChI is InChI=1S/C14H18ClN5O/c1-19(8-13-17-5-6-20(13)2)9-14(21)18-12-7-10(16)3-4-11(12)15/h3-7H,8-9,16H2,1-2H3,(H,18,21). The number of nitrogen functional groups attached to an aromatic ring is 1. The first-order valence-corrected chi connectivity index (χ1v) is 6.83. The molecule has 1 aromatic carbocycles. The maximum Gasteiger partial charge on any atom is 0.238 e. The van der Waals surface area contributed by atoms with E-state index < -0.39 is 0 Å². The fourth-order valence-corrected chi connectivity index (χ4v) is 2.08. The van der Waals surface area contributed by atoms with Crippen LogP contribution in [0.3, 0.4) is 0 Å². The molecule has 1 amide bonds. The summed E-state index contributed by atoms with van der Waals surface area (Å²) in [5.74, 6) is 0.742. The summed E-state index contributed by atoms with van der Waals surface area (Å²) >= 11 is 6.02. The zero-order valence-corrected chi connectivity index (χ0v) is 12.8. The molecule has 0 unspecified atom stereocenters. The molecule has 7 heteroatoms. The second-order valence-corrected chi connectivity index (χ2v) is 5.32. The van der Waals surface area contributed by atoms with E-state index >= 15 is 0 Å². The summed E-state index contributed by atoms with van der Waals surface area (Å²) in [5, 5.41) is 3.22. The number of carbonyl (C=O) groups excluding carboxylic acids is 1. The number of amides is 1. The van der Waals surface area contributed by atoms with Crippen molar-refractivity contribution in [1.82, 2.24) is 14.5 Å². The van der Waals surface area contributed by atoms with Gasteiger partial charge in [0.15, 0.2) is 0 Å². The molecule has 1 heterocycles. The zero-order valence-electron chi connectivity index (χ0n) is 12.0. The molecule has 0 saturated carbocycles. The molecule has 0 bridgehead atoms. The number of aromatic nitrogens is 2. The summed E-state index contributed by atoms with van der Waals surface area (Å²) in [6.07, 6.45) is 3.60. The Morgan fingerprint density at radius 1 is 1.52 bits per heavy atom. The fourth-order valence-electron chi connectivity index (χ4n) is 1.92. The van der Waals surface area contributed by atoms with Crippen molar-refractivity contribution < 1.29 is 4.79 Å². The number of imidazole rings is 1. The number of nitrogens with two attached hydrogens (primary N) is 1. The first-order chi connectivity index (χ1) is 9.95. The molecule has 0 saturated heterocycles. The molecular weight excluding hydrogens is 290 g/mol. The first kappa shape index (κ1) is 15.3. The Bertz CT molecular complexity index is 640. The van der Waals surface area contributed by atoms with Crippen LogP contribution < -0.4 is 11.1 Å². The van der Waals surface area contributed by atoms with Gasteiger partial charge in [0.1, 0.15) is 5.82 Å².